The van der Waals surface area contributed by atoms with Crippen molar-refractivity contribution in [3.05, 3.63) is 77.9 Å². The zero-order valence-corrected chi connectivity index (χ0v) is 61.1. The van der Waals surface area contributed by atoms with Crippen LogP contribution >= 0.6 is 48.6 Å². The van der Waals surface area contributed by atoms with Gasteiger partial charge in [-0.15, -0.1) is 47.4 Å². The molecule has 9 rings (SSSR count). The summed E-state index contributed by atoms with van der Waals surface area (Å²) in [5, 5.41) is 147. The maximum absolute atomic E-state index is 15.1. The van der Waals surface area contributed by atoms with Crippen LogP contribution in [0.1, 0.15) is 81.1 Å². The summed E-state index contributed by atoms with van der Waals surface area (Å²) in [6.07, 6.45) is -6.05. The van der Waals surface area contributed by atoms with Gasteiger partial charge in [-0.2, -0.15) is 0 Å². The average Bonchev–Trinajstić information content (AvgIpc) is 1.62. The Morgan fingerprint density at radius 1 is 0.663 bits per heavy atom. The number of halogens is 3. The summed E-state index contributed by atoms with van der Waals surface area (Å²) in [7, 11) is 0. The highest BCUT2D eigenvalue weighted by molar-refractivity contribution is 7.17. The number of aromatic nitrogens is 2. The molecular weight excluding hydrogens is 1440 g/mol. The first kappa shape index (κ1) is 86.2. The van der Waals surface area contributed by atoms with Gasteiger partial charge in [-0.05, 0) is 86.8 Å². The number of anilines is 1. The molecule has 1 saturated carbocycles. The van der Waals surface area contributed by atoms with E-state index in [1.165, 1.54) is 80.7 Å². The predicted octanol–water partition coefficient (Wildman–Crippen LogP) is -3.10. The van der Waals surface area contributed by atoms with E-state index in [9.17, 15) is 84.9 Å². The number of fused-ring (bicyclic) bond motifs is 2. The van der Waals surface area contributed by atoms with Gasteiger partial charge in [-0.25, -0.2) is 0 Å². The minimum absolute atomic E-state index is 0. The third-order valence-electron chi connectivity index (χ3n) is 19.5. The first-order chi connectivity index (χ1) is 48.5. The summed E-state index contributed by atoms with van der Waals surface area (Å²) in [6, 6.07) is 6.04. The average molecular weight is 1540 g/mol. The third kappa shape index (κ3) is 22.2. The van der Waals surface area contributed by atoms with E-state index >= 15 is 4.79 Å². The van der Waals surface area contributed by atoms with Gasteiger partial charge in [0.2, 0.25) is 35.4 Å². The number of nitrogens with zero attached hydrogens (tertiary/aromatic N) is 6. The number of phenols is 1. The van der Waals surface area contributed by atoms with Crippen LogP contribution in [0.25, 0.3) is 21.1 Å². The van der Waals surface area contributed by atoms with Crippen LogP contribution in [0.15, 0.2) is 66.7 Å². The molecule has 0 bridgehead atoms. The molecule has 3 aromatic carbocycles. The second kappa shape index (κ2) is 40.8. The quantitative estimate of drug-likeness (QED) is 0.0309. The number of aliphatic hydroxyl groups excluding tert-OH is 10. The predicted molar refractivity (Wildman–Crippen MR) is 388 cm³/mol. The maximum atomic E-state index is 15.1. The molecule has 4 aromatic rings. The van der Waals surface area contributed by atoms with Crippen LogP contribution in [0.4, 0.5) is 5.69 Å². The molecule has 36 heteroatoms. The molecule has 1 aromatic heterocycles. The fourth-order valence-corrected chi connectivity index (χ4v) is 14.4. The topological polar surface area (TPSA) is 474 Å². The van der Waals surface area contributed by atoms with Gasteiger partial charge in [-0.3, -0.25) is 38.5 Å². The van der Waals surface area contributed by atoms with Crippen molar-refractivity contribution in [2.24, 2.45) is 5.92 Å². The van der Waals surface area contributed by atoms with Crippen LogP contribution < -0.4 is 46.9 Å². The highest BCUT2D eigenvalue weighted by atomic mass is 35.5. The molecule has 0 radical (unpaired) electrons. The summed E-state index contributed by atoms with van der Waals surface area (Å²) in [6.45, 7) is 2.95. The first-order valence-electron chi connectivity index (χ1n) is 34.6. The molecule has 0 spiro atoms. The van der Waals surface area contributed by atoms with Crippen LogP contribution in [0.2, 0.25) is 0 Å². The number of aliphatic hydroxyl groups is 10. The Hall–Kier alpha value is -6.74. The lowest BCUT2D eigenvalue weighted by Crippen LogP contribution is -2.64. The Bertz CT molecular complexity index is 3430. The van der Waals surface area contributed by atoms with Gasteiger partial charge in [0.15, 0.2) is 11.5 Å². The molecule has 1 aliphatic carbocycles. The van der Waals surface area contributed by atoms with Crippen LogP contribution in [-0.4, -0.2) is 305 Å². The van der Waals surface area contributed by atoms with Gasteiger partial charge in [0.25, 0.3) is 5.91 Å². The van der Waals surface area contributed by atoms with Crippen LogP contribution in [0.3, 0.4) is 0 Å². The van der Waals surface area contributed by atoms with E-state index in [1.54, 1.807) is 12.1 Å². The molecule has 32 nitrogen and oxygen atoms in total. The molecule has 5 aliphatic rings. The fourth-order valence-electron chi connectivity index (χ4n) is 13.5. The van der Waals surface area contributed by atoms with E-state index in [0.717, 1.165) is 54.2 Å². The largest absolute Gasteiger partial charge is 0.504 e. The van der Waals surface area contributed by atoms with E-state index in [2.05, 4.69) is 69.3 Å². The van der Waals surface area contributed by atoms with Gasteiger partial charge in [0.05, 0.1) is 75.1 Å². The molecule has 4 aliphatic heterocycles. The van der Waals surface area contributed by atoms with Crippen molar-refractivity contribution < 1.29 is 94.5 Å². The molecule has 18 N–H and O–H groups in total. The number of piperazine rings is 1. The molecule has 0 unspecified atom stereocenters. The lowest BCUT2D eigenvalue weighted by Gasteiger charge is -2.41. The highest BCUT2D eigenvalue weighted by Crippen LogP contribution is 2.34. The monoisotopic (exact) mass is 1540 g/mol. The van der Waals surface area contributed by atoms with Gasteiger partial charge < -0.3 is 113 Å². The first-order valence-corrected chi connectivity index (χ1v) is 35.4. The summed E-state index contributed by atoms with van der Waals surface area (Å²) in [4.78, 5) is 110. The molecular formula is C68H100Cl3N13O19S. The number of phenolic OH excluding ortho intramolecular Hbond substituents is 1. The van der Waals surface area contributed by atoms with Crippen molar-refractivity contribution in [2.75, 3.05) is 96.8 Å². The number of benzene rings is 3. The minimum Gasteiger partial charge on any atom is -0.504 e. The lowest BCUT2D eigenvalue weighted by molar-refractivity contribution is -0.147. The number of carbonyl (C=O) groups is 7. The smallest absolute Gasteiger partial charge is 0.251 e. The Kier molecular flexibility index (Phi) is 33.8. The summed E-state index contributed by atoms with van der Waals surface area (Å²) in [5.74, 6) is -9.17. The number of nitrogens with one attached hydrogen (secondary N) is 7. The van der Waals surface area contributed by atoms with Gasteiger partial charge >= 0.3 is 0 Å². The van der Waals surface area contributed by atoms with Gasteiger partial charge in [0, 0.05) is 106 Å². The number of amides is 7. The van der Waals surface area contributed by atoms with Gasteiger partial charge in [0.1, 0.15) is 52.9 Å². The standard InChI is InChI=1S/C68H97N13O19S.3ClH/c1-37-31-81-58(59(37)92)64(97)71-30-47(87)28-49(72-60(93)40-9-11-41(12-10-40)65-76-77-66(101-65)42-13-15-46(16-14-42)79-23-21-78(22-24-79)45-6-4-3-5-7-45)61(94)73-55(38(2)86)67(98)80-32-48(88)29-50(80)62(95)74-56(63(96)75-57(68(81)99)52(90)18-19-69-43(33-82)34-83)53(91)26-39-8-17-51(89)54(27-39)100-25-20-70-44(35-84)36-85;;;/h8-17,27,37-38,43-45,47-50,52-53,55-59,69-70,82-92H,3-7,18-26,28-36H2,1-2H3,(H,71,97)(H,72,93)(H,73,94)(H,74,95)(H,75,96);3*1H/t37-,38+,47+,48+,49-,50-,52+,53+,55-,56-,57-,58-,59-;;;/m0.../s1. The Morgan fingerprint density at radius 3 is 1.87 bits per heavy atom. The molecule has 5 heterocycles. The third-order valence-corrected chi connectivity index (χ3v) is 20.5. The van der Waals surface area contributed by atoms with Crippen molar-refractivity contribution in [1.82, 2.24) is 62.1 Å². The minimum atomic E-state index is -2.14. The molecule has 13 atom stereocenters. The van der Waals surface area contributed by atoms with Crippen molar-refractivity contribution in [3.63, 3.8) is 0 Å². The van der Waals surface area contributed by atoms with Gasteiger partial charge in [-0.1, -0.05) is 55.7 Å². The van der Waals surface area contributed by atoms with Crippen LogP contribution in [0, 0.1) is 5.92 Å². The Labute approximate surface area is 624 Å². The number of carbonyl (C=O) groups excluding carboxylic acids is 7. The van der Waals surface area contributed by atoms with Crippen LogP contribution in [0.5, 0.6) is 11.5 Å². The second-order valence-electron chi connectivity index (χ2n) is 26.8. The maximum Gasteiger partial charge on any atom is 0.251 e. The van der Waals surface area contributed by atoms with Crippen molar-refractivity contribution in [3.8, 4) is 32.6 Å². The number of hydrogen-bond acceptors (Lipinski definition) is 26. The van der Waals surface area contributed by atoms with Crippen molar-refractivity contribution >= 4 is 95.6 Å². The van der Waals surface area contributed by atoms with E-state index in [-0.39, 0.29) is 99.3 Å². The van der Waals surface area contributed by atoms with Crippen molar-refractivity contribution in [2.45, 2.75) is 163 Å². The number of β-amino-alcohol motifs (C(OH)–C–C–N with tert-alkyl or cyclic N) is 1. The molecule has 4 saturated heterocycles. The second-order valence-corrected chi connectivity index (χ2v) is 27.8. The lowest BCUT2D eigenvalue weighted by atomic mass is 9.94. The zero-order valence-electron chi connectivity index (χ0n) is 57.9. The highest BCUT2D eigenvalue weighted by Gasteiger charge is 2.50. The van der Waals surface area contributed by atoms with E-state index in [0.29, 0.717) is 21.6 Å². The fraction of sp³-hybridized carbons (Fsp3) is 0.603. The van der Waals surface area contributed by atoms with Crippen molar-refractivity contribution in [1.29, 1.82) is 0 Å². The Balaban J connectivity index is 0.00000566. The number of aromatic hydroxyl groups is 1. The van der Waals surface area contributed by atoms with Crippen LogP contribution in [-0.2, 0) is 35.2 Å². The van der Waals surface area contributed by atoms with E-state index in [4.69, 9.17) is 4.74 Å². The number of ether oxygens (including phenoxy) is 1. The molecule has 578 valence electrons. The number of hydrogen-bond donors (Lipinski definition) is 18. The number of rotatable bonds is 24. The molecule has 5 fully saturated rings. The summed E-state index contributed by atoms with van der Waals surface area (Å²) < 4.78 is 5.72. The Morgan fingerprint density at radius 2 is 1.25 bits per heavy atom. The summed E-state index contributed by atoms with van der Waals surface area (Å²) in [5.41, 5.74) is 2.82. The summed E-state index contributed by atoms with van der Waals surface area (Å²) >= 11 is 1.34. The molecule has 7 amide bonds. The zero-order chi connectivity index (χ0) is 72.6. The van der Waals surface area contributed by atoms with E-state index < -0.39 is 184 Å². The van der Waals surface area contributed by atoms with E-state index in [1.807, 2.05) is 12.1 Å². The normalized spacial score (nSPS) is 25.2. The SMILES string of the molecule is C[C@@H](O)[C@@H]1NC(=O)[C@@H](NC(=O)c2ccc(-c3nnc(-c4ccc(N5CCN(C6CCCCC6)CC5)cc4)s3)cc2)C[C@@H](O)CNC(=O)[C@@H]2[C@@H](O)[C@@H](C)CN2C(=O)[C@H]([C@H](O)CCNC(CO)CO)NC(=O)[C@H]([C@H](O)Cc2ccc(O)c(OCCNC(CO)CO)c2)NC(=O)[C@@H]2C[C@@H](O)CN2C1=O.Cl.Cl.Cl. The molecule has 104 heavy (non-hydrogen) atoms.